The molecule has 0 saturated carbocycles. The summed E-state index contributed by atoms with van der Waals surface area (Å²) in [5.41, 5.74) is 0. The molecule has 0 N–H and O–H groups in total. The number of ether oxygens (including phenoxy) is 2. The predicted molar refractivity (Wildman–Crippen MR) is 92.4 cm³/mol. The normalized spacial score (nSPS) is 10.7. The van der Waals surface area contributed by atoms with Crippen LogP contribution in [0.2, 0.25) is 0 Å². The van der Waals surface area contributed by atoms with E-state index in [-0.39, 0.29) is 18.4 Å². The molecule has 0 aliphatic rings. The summed E-state index contributed by atoms with van der Waals surface area (Å²) >= 11 is 0. The minimum Gasteiger partial charge on any atom is -0.464 e. The van der Waals surface area contributed by atoms with E-state index in [1.54, 1.807) is 0 Å². The molecule has 0 aliphatic heterocycles. The Labute approximate surface area is 141 Å². The first-order chi connectivity index (χ1) is 11.0. The number of esters is 1. The van der Waals surface area contributed by atoms with Crippen LogP contribution in [0.5, 0.6) is 0 Å². The van der Waals surface area contributed by atoms with Crippen LogP contribution in [0, 0.1) is 5.92 Å². The van der Waals surface area contributed by atoms with Crippen molar-refractivity contribution in [2.75, 3.05) is 26.3 Å². The number of hydrogen-bond donors (Lipinski definition) is 0. The Bertz CT molecular complexity index is 318. The number of rotatable bonds is 13. The second-order valence-electron chi connectivity index (χ2n) is 6.33. The van der Waals surface area contributed by atoms with Gasteiger partial charge in [0.15, 0.2) is 0 Å². The van der Waals surface area contributed by atoms with E-state index in [0.29, 0.717) is 19.8 Å². The van der Waals surface area contributed by atoms with Crippen molar-refractivity contribution in [2.24, 2.45) is 5.92 Å². The molecular weight excluding hydrogens is 294 g/mol. The van der Waals surface area contributed by atoms with Crippen LogP contribution in [-0.4, -0.2) is 43.3 Å². The topological polar surface area (TPSA) is 55.8 Å². The number of nitrogens with zero attached hydrogens (tertiary/aromatic N) is 1. The van der Waals surface area contributed by atoms with Crippen LogP contribution in [0.1, 0.15) is 72.6 Å². The van der Waals surface area contributed by atoms with Gasteiger partial charge in [-0.15, -0.1) is 0 Å². The van der Waals surface area contributed by atoms with Crippen molar-refractivity contribution < 1.29 is 19.1 Å². The second-order valence-corrected chi connectivity index (χ2v) is 6.33. The van der Waals surface area contributed by atoms with Gasteiger partial charge in [0.2, 0.25) is 0 Å². The zero-order valence-electron chi connectivity index (χ0n) is 15.4. The minimum absolute atomic E-state index is 0.0378. The third kappa shape index (κ3) is 12.9. The van der Waals surface area contributed by atoms with Crippen molar-refractivity contribution in [1.29, 1.82) is 0 Å². The van der Waals surface area contributed by atoms with Crippen LogP contribution < -0.4 is 0 Å². The molecule has 0 fully saturated rings. The molecule has 0 rings (SSSR count). The molecule has 5 heteroatoms. The Hall–Kier alpha value is -1.26. The summed E-state index contributed by atoms with van der Waals surface area (Å²) in [7, 11) is 0. The lowest BCUT2D eigenvalue weighted by Gasteiger charge is -2.20. The van der Waals surface area contributed by atoms with Crippen molar-refractivity contribution >= 4 is 12.1 Å². The monoisotopic (exact) mass is 329 g/mol. The van der Waals surface area contributed by atoms with Crippen molar-refractivity contribution in [3.63, 3.8) is 0 Å². The average molecular weight is 329 g/mol. The summed E-state index contributed by atoms with van der Waals surface area (Å²) in [6, 6.07) is 0. The number of carbonyl (C=O) groups excluding carboxylic acids is 2. The molecule has 0 atom stereocenters. The minimum atomic E-state index is -0.450. The molecule has 0 aromatic heterocycles. The maximum absolute atomic E-state index is 11.8. The molecule has 5 nitrogen and oxygen atoms in total. The summed E-state index contributed by atoms with van der Waals surface area (Å²) in [4.78, 5) is 24.9. The van der Waals surface area contributed by atoms with Crippen LogP contribution in [0.4, 0.5) is 4.79 Å². The van der Waals surface area contributed by atoms with Gasteiger partial charge in [0.05, 0.1) is 13.2 Å². The van der Waals surface area contributed by atoms with Gasteiger partial charge in [-0.1, -0.05) is 59.3 Å². The first-order valence-corrected chi connectivity index (χ1v) is 9.08. The fraction of sp³-hybridized carbons (Fsp3) is 0.889. The van der Waals surface area contributed by atoms with E-state index in [9.17, 15) is 9.59 Å². The first-order valence-electron chi connectivity index (χ1n) is 9.08. The Morgan fingerprint density at radius 3 is 2.09 bits per heavy atom. The lowest BCUT2D eigenvalue weighted by Crippen LogP contribution is -2.37. The fourth-order valence-electron chi connectivity index (χ4n) is 2.08. The summed E-state index contributed by atoms with van der Waals surface area (Å²) in [5.74, 6) is -0.0822. The van der Waals surface area contributed by atoms with Gasteiger partial charge in [-0.3, -0.25) is 9.69 Å². The predicted octanol–water partition coefficient (Wildman–Crippen LogP) is 4.39. The first kappa shape index (κ1) is 21.7. The van der Waals surface area contributed by atoms with E-state index in [1.165, 1.54) is 37.0 Å². The van der Waals surface area contributed by atoms with Crippen LogP contribution in [0.3, 0.4) is 0 Å². The molecule has 136 valence electrons. The van der Waals surface area contributed by atoms with E-state index < -0.39 is 6.09 Å². The smallest absolute Gasteiger partial charge is 0.410 e. The van der Waals surface area contributed by atoms with E-state index >= 15 is 0 Å². The second kappa shape index (κ2) is 14.3. The molecule has 0 heterocycles. The highest BCUT2D eigenvalue weighted by Crippen LogP contribution is 2.07. The highest BCUT2D eigenvalue weighted by molar-refractivity contribution is 5.78. The summed E-state index contributed by atoms with van der Waals surface area (Å²) in [6.45, 7) is 9.17. The van der Waals surface area contributed by atoms with Crippen LogP contribution in [0.15, 0.2) is 0 Å². The molecule has 0 unspecified atom stereocenters. The summed E-state index contributed by atoms with van der Waals surface area (Å²) in [5, 5.41) is 0. The lowest BCUT2D eigenvalue weighted by atomic mass is 10.1. The number of likely N-dealkylation sites (N-methyl/N-ethyl adjacent to an activating group) is 1. The van der Waals surface area contributed by atoms with Gasteiger partial charge in [0.1, 0.15) is 6.54 Å². The highest BCUT2D eigenvalue weighted by atomic mass is 16.6. The molecule has 0 aliphatic carbocycles. The lowest BCUT2D eigenvalue weighted by molar-refractivity contribution is -0.144. The van der Waals surface area contributed by atoms with Gasteiger partial charge in [-0.05, 0) is 19.3 Å². The molecule has 0 saturated heterocycles. The summed E-state index contributed by atoms with van der Waals surface area (Å²) in [6.07, 6.45) is 7.83. The molecule has 23 heavy (non-hydrogen) atoms. The third-order valence-corrected chi connectivity index (χ3v) is 3.51. The van der Waals surface area contributed by atoms with Gasteiger partial charge >= 0.3 is 12.1 Å². The van der Waals surface area contributed by atoms with Gasteiger partial charge in [0, 0.05) is 6.54 Å². The molecule has 0 radical (unpaired) electrons. The molecule has 0 spiro atoms. The molecule has 1 amide bonds. The van der Waals surface area contributed by atoms with Gasteiger partial charge < -0.3 is 9.47 Å². The highest BCUT2D eigenvalue weighted by Gasteiger charge is 2.17. The average Bonchev–Trinajstić information content (AvgIpc) is 2.52. The Balaban J connectivity index is 3.74. The molecule has 0 aromatic rings. The SMILES string of the molecule is CCCCCCCCCOC(=O)CN(CC)C(=O)OCC(C)C. The van der Waals surface area contributed by atoms with Gasteiger partial charge in [-0.2, -0.15) is 0 Å². The molecule has 0 bridgehead atoms. The van der Waals surface area contributed by atoms with Crippen molar-refractivity contribution in [1.82, 2.24) is 4.90 Å². The van der Waals surface area contributed by atoms with E-state index in [0.717, 1.165) is 12.8 Å². The number of amides is 1. The number of unbranched alkanes of at least 4 members (excludes halogenated alkanes) is 6. The van der Waals surface area contributed by atoms with E-state index in [2.05, 4.69) is 6.92 Å². The zero-order chi connectivity index (χ0) is 17.5. The maximum Gasteiger partial charge on any atom is 0.410 e. The third-order valence-electron chi connectivity index (χ3n) is 3.51. The fourth-order valence-corrected chi connectivity index (χ4v) is 2.08. The van der Waals surface area contributed by atoms with Crippen molar-refractivity contribution in [3.8, 4) is 0 Å². The summed E-state index contributed by atoms with van der Waals surface area (Å²) < 4.78 is 10.3. The quantitative estimate of drug-likeness (QED) is 0.371. The standard InChI is InChI=1S/C18H35NO4/c1-5-7-8-9-10-11-12-13-22-17(20)14-19(6-2)18(21)23-15-16(3)4/h16H,5-15H2,1-4H3. The Morgan fingerprint density at radius 2 is 1.52 bits per heavy atom. The zero-order valence-corrected chi connectivity index (χ0v) is 15.4. The van der Waals surface area contributed by atoms with Crippen LogP contribution in [-0.2, 0) is 14.3 Å². The molecule has 0 aromatic carbocycles. The van der Waals surface area contributed by atoms with E-state index in [4.69, 9.17) is 9.47 Å². The van der Waals surface area contributed by atoms with Crippen LogP contribution >= 0.6 is 0 Å². The van der Waals surface area contributed by atoms with Crippen molar-refractivity contribution in [3.05, 3.63) is 0 Å². The van der Waals surface area contributed by atoms with Crippen LogP contribution in [0.25, 0.3) is 0 Å². The molecular formula is C18H35NO4. The largest absolute Gasteiger partial charge is 0.464 e. The van der Waals surface area contributed by atoms with Gasteiger partial charge in [0.25, 0.3) is 0 Å². The number of carbonyl (C=O) groups is 2. The number of hydrogen-bond acceptors (Lipinski definition) is 4. The maximum atomic E-state index is 11.8. The van der Waals surface area contributed by atoms with Gasteiger partial charge in [-0.25, -0.2) is 4.79 Å². The Kier molecular flexibility index (Phi) is 13.6. The van der Waals surface area contributed by atoms with Crippen molar-refractivity contribution in [2.45, 2.75) is 72.6 Å². The van der Waals surface area contributed by atoms with E-state index in [1.807, 2.05) is 20.8 Å². The Morgan fingerprint density at radius 1 is 0.913 bits per heavy atom.